The molecule has 2 nitrogen and oxygen atoms in total. The van der Waals surface area contributed by atoms with Gasteiger partial charge in [0.1, 0.15) is 11.9 Å². The summed E-state index contributed by atoms with van der Waals surface area (Å²) in [5, 5.41) is 0. The van der Waals surface area contributed by atoms with Gasteiger partial charge in [-0.3, -0.25) is 0 Å². The third-order valence-corrected chi connectivity index (χ3v) is 3.84. The van der Waals surface area contributed by atoms with E-state index in [0.29, 0.717) is 0 Å². The maximum absolute atomic E-state index is 6.07. The first-order valence-electron chi connectivity index (χ1n) is 7.46. The van der Waals surface area contributed by atoms with Crippen LogP contribution in [-0.2, 0) is 4.74 Å². The summed E-state index contributed by atoms with van der Waals surface area (Å²) >= 11 is 0. The molecule has 1 heterocycles. The number of epoxide rings is 1. The normalized spacial score (nSPS) is 20.4. The Balaban J connectivity index is 2.10. The summed E-state index contributed by atoms with van der Waals surface area (Å²) in [6.45, 7) is 10.5. The lowest BCUT2D eigenvalue weighted by Crippen LogP contribution is -2.04. The highest BCUT2D eigenvalue weighted by Gasteiger charge is 2.37. The molecule has 2 aromatic carbocycles. The lowest BCUT2D eigenvalue weighted by atomic mass is 9.96. The highest BCUT2D eigenvalue weighted by atomic mass is 16.8. The molecule has 0 aromatic heterocycles. The third kappa shape index (κ3) is 2.96. The highest BCUT2D eigenvalue weighted by Crippen LogP contribution is 2.38. The molecular formula is C19H22O2. The van der Waals surface area contributed by atoms with Crippen molar-refractivity contribution in [3.63, 3.8) is 0 Å². The minimum absolute atomic E-state index is 0.101. The minimum atomic E-state index is -0.101. The van der Waals surface area contributed by atoms with Crippen LogP contribution in [0.5, 0.6) is 5.75 Å². The molecule has 21 heavy (non-hydrogen) atoms. The van der Waals surface area contributed by atoms with Gasteiger partial charge < -0.3 is 9.47 Å². The minimum Gasteiger partial charge on any atom is -0.461 e. The van der Waals surface area contributed by atoms with E-state index in [-0.39, 0.29) is 12.4 Å². The summed E-state index contributed by atoms with van der Waals surface area (Å²) < 4.78 is 11.5. The van der Waals surface area contributed by atoms with Crippen molar-refractivity contribution >= 4 is 0 Å². The highest BCUT2D eigenvalue weighted by molar-refractivity contribution is 5.74. The lowest BCUT2D eigenvalue weighted by Gasteiger charge is -2.15. The van der Waals surface area contributed by atoms with E-state index in [4.69, 9.17) is 9.47 Å². The van der Waals surface area contributed by atoms with Gasteiger partial charge in [0.25, 0.3) is 0 Å². The van der Waals surface area contributed by atoms with Crippen LogP contribution in [0.3, 0.4) is 0 Å². The van der Waals surface area contributed by atoms with Crippen LogP contribution < -0.4 is 4.74 Å². The van der Waals surface area contributed by atoms with E-state index in [9.17, 15) is 0 Å². The van der Waals surface area contributed by atoms with Crippen LogP contribution in [0.2, 0.25) is 0 Å². The zero-order valence-corrected chi connectivity index (χ0v) is 13.4. The first-order valence-corrected chi connectivity index (χ1v) is 7.46. The van der Waals surface area contributed by atoms with Crippen molar-refractivity contribution < 1.29 is 9.47 Å². The van der Waals surface area contributed by atoms with Crippen LogP contribution in [0, 0.1) is 27.7 Å². The smallest absolute Gasteiger partial charge is 0.226 e. The predicted molar refractivity (Wildman–Crippen MR) is 85.8 cm³/mol. The number of aryl methyl sites for hydroxylation is 4. The molecular weight excluding hydrogens is 260 g/mol. The largest absolute Gasteiger partial charge is 0.461 e. The quantitative estimate of drug-likeness (QED) is 0.760. The Morgan fingerprint density at radius 3 is 2.00 bits per heavy atom. The van der Waals surface area contributed by atoms with Gasteiger partial charge in [-0.1, -0.05) is 35.4 Å². The van der Waals surface area contributed by atoms with E-state index in [0.717, 1.165) is 16.9 Å². The molecule has 1 aliphatic heterocycles. The lowest BCUT2D eigenvalue weighted by molar-refractivity contribution is 0.178. The molecule has 2 heteroatoms. The number of benzene rings is 2. The Morgan fingerprint density at radius 1 is 0.857 bits per heavy atom. The number of hydrogen-bond donors (Lipinski definition) is 0. The van der Waals surface area contributed by atoms with E-state index in [1.54, 1.807) is 0 Å². The monoisotopic (exact) mass is 282 g/mol. The fourth-order valence-corrected chi connectivity index (χ4v) is 2.86. The molecule has 3 rings (SSSR count). The van der Waals surface area contributed by atoms with Crippen LogP contribution in [0.4, 0.5) is 0 Å². The molecule has 2 aromatic rings. The van der Waals surface area contributed by atoms with E-state index in [2.05, 4.69) is 58.0 Å². The number of rotatable bonds is 3. The van der Waals surface area contributed by atoms with E-state index < -0.39 is 0 Å². The molecule has 1 aliphatic rings. The molecule has 0 radical (unpaired) electrons. The summed E-state index contributed by atoms with van der Waals surface area (Å²) in [6, 6.07) is 11.0. The predicted octanol–water partition coefficient (Wildman–Crippen LogP) is 4.71. The fraction of sp³-hybridized carbons (Fsp3) is 0.368. The Hall–Kier alpha value is -1.80. The first kappa shape index (κ1) is 14.2. The maximum atomic E-state index is 6.07. The van der Waals surface area contributed by atoms with Crippen LogP contribution in [0.1, 0.15) is 29.2 Å². The average molecular weight is 282 g/mol. The molecule has 0 spiro atoms. The topological polar surface area (TPSA) is 21.8 Å². The maximum Gasteiger partial charge on any atom is 0.226 e. The van der Waals surface area contributed by atoms with E-state index in [1.807, 2.05) is 6.92 Å². The van der Waals surface area contributed by atoms with Crippen LogP contribution in [0.25, 0.3) is 11.1 Å². The first-order chi connectivity index (χ1) is 9.94. The van der Waals surface area contributed by atoms with Gasteiger partial charge in [-0.25, -0.2) is 0 Å². The van der Waals surface area contributed by atoms with Crippen molar-refractivity contribution in [2.75, 3.05) is 0 Å². The van der Waals surface area contributed by atoms with Gasteiger partial charge in [-0.15, -0.1) is 0 Å². The molecule has 1 fully saturated rings. The Morgan fingerprint density at radius 2 is 1.43 bits per heavy atom. The second-order valence-electron chi connectivity index (χ2n) is 6.16. The molecule has 2 atom stereocenters. The Kier molecular flexibility index (Phi) is 3.50. The fourth-order valence-electron chi connectivity index (χ4n) is 2.86. The van der Waals surface area contributed by atoms with Gasteiger partial charge in [-0.2, -0.15) is 0 Å². The van der Waals surface area contributed by atoms with Gasteiger partial charge in [0.15, 0.2) is 0 Å². The molecule has 1 saturated heterocycles. The average Bonchev–Trinajstić information content (AvgIpc) is 3.07. The van der Waals surface area contributed by atoms with E-state index in [1.165, 1.54) is 22.3 Å². The molecule has 110 valence electrons. The van der Waals surface area contributed by atoms with Crippen molar-refractivity contribution in [1.82, 2.24) is 0 Å². The summed E-state index contributed by atoms with van der Waals surface area (Å²) in [6.07, 6.45) is 0.0915. The summed E-state index contributed by atoms with van der Waals surface area (Å²) in [5.74, 6) is 0.944. The third-order valence-electron chi connectivity index (χ3n) is 3.84. The molecule has 0 N–H and O–H groups in total. The van der Waals surface area contributed by atoms with Gasteiger partial charge in [0.2, 0.25) is 6.29 Å². The molecule has 0 amide bonds. The van der Waals surface area contributed by atoms with Gasteiger partial charge >= 0.3 is 0 Å². The molecule has 0 bridgehead atoms. The van der Waals surface area contributed by atoms with Crippen molar-refractivity contribution in [3.8, 4) is 16.9 Å². The van der Waals surface area contributed by atoms with Crippen molar-refractivity contribution in [2.24, 2.45) is 0 Å². The summed E-state index contributed by atoms with van der Waals surface area (Å²) in [7, 11) is 0. The molecule has 0 saturated carbocycles. The standard InChI is InChI=1S/C19H22O2/c1-11-6-12(2)9-16(8-11)17-10-13(3)7-14(4)18(17)21-19-15(5)20-19/h6-10,15,19H,1-5H3. The number of ether oxygens (including phenoxy) is 2. The SMILES string of the molecule is Cc1cc(C)cc(-c2cc(C)cc(C)c2OC2OC2C)c1. The van der Waals surface area contributed by atoms with Gasteiger partial charge in [0.05, 0.1) is 0 Å². The second kappa shape index (κ2) is 5.19. The van der Waals surface area contributed by atoms with Crippen molar-refractivity contribution in [1.29, 1.82) is 0 Å². The second-order valence-corrected chi connectivity index (χ2v) is 6.16. The van der Waals surface area contributed by atoms with Gasteiger partial charge in [-0.05, 0) is 57.4 Å². The molecule has 0 aliphatic carbocycles. The van der Waals surface area contributed by atoms with Crippen molar-refractivity contribution in [2.45, 2.75) is 47.0 Å². The zero-order valence-electron chi connectivity index (χ0n) is 13.4. The van der Waals surface area contributed by atoms with Crippen LogP contribution >= 0.6 is 0 Å². The Labute approximate surface area is 126 Å². The summed E-state index contributed by atoms with van der Waals surface area (Å²) in [5.41, 5.74) is 7.31. The van der Waals surface area contributed by atoms with Gasteiger partial charge in [0, 0.05) is 5.56 Å². The van der Waals surface area contributed by atoms with Crippen LogP contribution in [0.15, 0.2) is 30.3 Å². The summed E-state index contributed by atoms with van der Waals surface area (Å²) in [4.78, 5) is 0. The van der Waals surface area contributed by atoms with Crippen LogP contribution in [-0.4, -0.2) is 12.4 Å². The number of hydrogen-bond acceptors (Lipinski definition) is 2. The zero-order chi connectivity index (χ0) is 15.1. The Bertz CT molecular complexity index is 668. The molecule has 2 unspecified atom stereocenters. The van der Waals surface area contributed by atoms with E-state index >= 15 is 0 Å². The van der Waals surface area contributed by atoms with Crippen molar-refractivity contribution in [3.05, 3.63) is 52.6 Å².